The van der Waals surface area contributed by atoms with Crippen molar-refractivity contribution in [1.82, 2.24) is 9.97 Å². The van der Waals surface area contributed by atoms with Crippen LogP contribution in [0, 0.1) is 0 Å². The maximum absolute atomic E-state index is 10.7. The summed E-state index contributed by atoms with van der Waals surface area (Å²) in [5.74, 6) is -0.490. The third kappa shape index (κ3) is 2.52. The maximum atomic E-state index is 10.7. The van der Waals surface area contributed by atoms with E-state index in [0.717, 1.165) is 12.8 Å². The predicted octanol–water partition coefficient (Wildman–Crippen LogP) is 0.535. The van der Waals surface area contributed by atoms with Crippen molar-refractivity contribution < 1.29 is 19.4 Å². The molecule has 0 amide bonds. The van der Waals surface area contributed by atoms with Gasteiger partial charge in [0.05, 0.1) is 37.8 Å². The number of nitrogens with one attached hydrogen (secondary N) is 1. The molecule has 1 aromatic rings. The van der Waals surface area contributed by atoms with E-state index < -0.39 is 5.97 Å². The van der Waals surface area contributed by atoms with Crippen LogP contribution in [0.15, 0.2) is 12.4 Å². The second-order valence-electron chi connectivity index (χ2n) is 4.93. The largest absolute Gasteiger partial charge is 0.476 e. The van der Waals surface area contributed by atoms with Crippen molar-refractivity contribution in [2.24, 2.45) is 0 Å². The van der Waals surface area contributed by atoms with Crippen LogP contribution in [0.25, 0.3) is 0 Å². The molecule has 1 saturated heterocycles. The third-order valence-corrected chi connectivity index (χ3v) is 3.46. The number of hydrogen-bond donors (Lipinski definition) is 2. The van der Waals surface area contributed by atoms with Crippen LogP contribution >= 0.6 is 0 Å². The minimum atomic E-state index is -1.07. The number of ether oxygens (including phenoxy) is 2. The van der Waals surface area contributed by atoms with Gasteiger partial charge in [0.2, 0.25) is 0 Å². The van der Waals surface area contributed by atoms with Gasteiger partial charge in [-0.15, -0.1) is 0 Å². The highest BCUT2D eigenvalue weighted by Gasteiger charge is 2.47. The van der Waals surface area contributed by atoms with Gasteiger partial charge in [-0.25, -0.2) is 14.8 Å². The molecule has 1 aliphatic heterocycles. The number of nitrogens with zero attached hydrogens (tertiary/aromatic N) is 2. The van der Waals surface area contributed by atoms with E-state index >= 15 is 0 Å². The highest BCUT2D eigenvalue weighted by atomic mass is 16.6. The minimum Gasteiger partial charge on any atom is -0.476 e. The van der Waals surface area contributed by atoms with Gasteiger partial charge >= 0.3 is 5.97 Å². The molecule has 1 saturated carbocycles. The average Bonchev–Trinajstić information content (AvgIpc) is 2.39. The first-order valence-corrected chi connectivity index (χ1v) is 6.20. The van der Waals surface area contributed by atoms with E-state index in [9.17, 15) is 4.79 Å². The summed E-state index contributed by atoms with van der Waals surface area (Å²) in [6.45, 7) is 1.97. The summed E-state index contributed by atoms with van der Waals surface area (Å²) in [4.78, 5) is 18.5. The fraction of sp³-hybridized carbons (Fsp3) is 0.583. The van der Waals surface area contributed by atoms with E-state index in [-0.39, 0.29) is 17.3 Å². The fourth-order valence-corrected chi connectivity index (χ4v) is 2.52. The number of carbonyl (C=O) groups is 1. The second kappa shape index (κ2) is 4.75. The number of rotatable bonds is 3. The monoisotopic (exact) mass is 265 g/mol. The molecule has 3 rings (SSSR count). The van der Waals surface area contributed by atoms with Crippen LogP contribution in [0.3, 0.4) is 0 Å². The van der Waals surface area contributed by atoms with Crippen LogP contribution in [0.1, 0.15) is 23.3 Å². The minimum absolute atomic E-state index is 0.0559. The standard InChI is InChI=1S/C12H15N3O4/c16-11(17)9-5-14-10(6-13-9)15-8-3-12(4-8)7-18-1-2-19-12/h5-6,8H,1-4,7H2,(H,14,15)(H,16,17). The normalized spacial score (nSPS) is 29.8. The van der Waals surface area contributed by atoms with E-state index in [2.05, 4.69) is 15.3 Å². The van der Waals surface area contributed by atoms with Crippen LogP contribution in [-0.4, -0.2) is 52.5 Å². The number of hydrogen-bond acceptors (Lipinski definition) is 6. The molecule has 2 fully saturated rings. The van der Waals surface area contributed by atoms with Crippen molar-refractivity contribution in [3.8, 4) is 0 Å². The van der Waals surface area contributed by atoms with Crippen molar-refractivity contribution in [2.75, 3.05) is 25.1 Å². The first kappa shape index (κ1) is 12.3. The summed E-state index contributed by atoms with van der Waals surface area (Å²) in [6.07, 6.45) is 4.43. The Kier molecular flexibility index (Phi) is 3.08. The molecule has 7 nitrogen and oxygen atoms in total. The van der Waals surface area contributed by atoms with Crippen molar-refractivity contribution in [1.29, 1.82) is 0 Å². The first-order chi connectivity index (χ1) is 9.17. The van der Waals surface area contributed by atoms with Crippen LogP contribution in [0.5, 0.6) is 0 Å². The van der Waals surface area contributed by atoms with Gasteiger partial charge in [-0.1, -0.05) is 0 Å². The van der Waals surface area contributed by atoms with Crippen LogP contribution in [0.4, 0.5) is 5.82 Å². The molecule has 2 aliphatic rings. The van der Waals surface area contributed by atoms with Gasteiger partial charge in [0.1, 0.15) is 5.82 Å². The summed E-state index contributed by atoms with van der Waals surface area (Å²) in [5.41, 5.74) is -0.190. The molecule has 19 heavy (non-hydrogen) atoms. The fourth-order valence-electron chi connectivity index (χ4n) is 2.52. The zero-order valence-electron chi connectivity index (χ0n) is 10.3. The van der Waals surface area contributed by atoms with Gasteiger partial charge in [-0.05, 0) is 12.8 Å². The van der Waals surface area contributed by atoms with Crippen molar-refractivity contribution in [3.63, 3.8) is 0 Å². The molecule has 0 radical (unpaired) electrons. The van der Waals surface area contributed by atoms with E-state index in [1.165, 1.54) is 12.4 Å². The van der Waals surface area contributed by atoms with Gasteiger partial charge in [0, 0.05) is 6.04 Å². The molecule has 102 valence electrons. The molecule has 0 aromatic carbocycles. The molecule has 2 heterocycles. The van der Waals surface area contributed by atoms with Crippen molar-refractivity contribution >= 4 is 11.8 Å². The molecule has 1 spiro atoms. The van der Waals surface area contributed by atoms with Gasteiger partial charge in [-0.3, -0.25) is 0 Å². The van der Waals surface area contributed by atoms with Crippen molar-refractivity contribution in [2.45, 2.75) is 24.5 Å². The Labute approximate surface area is 110 Å². The summed E-state index contributed by atoms with van der Waals surface area (Å²) in [6, 6.07) is 0.270. The Hall–Kier alpha value is -1.73. The Morgan fingerprint density at radius 3 is 2.79 bits per heavy atom. The summed E-state index contributed by atoms with van der Waals surface area (Å²) in [5, 5.41) is 11.9. The smallest absolute Gasteiger partial charge is 0.356 e. The third-order valence-electron chi connectivity index (χ3n) is 3.46. The molecule has 0 atom stereocenters. The van der Waals surface area contributed by atoms with E-state index in [1.807, 2.05) is 0 Å². The molecule has 2 N–H and O–H groups in total. The van der Waals surface area contributed by atoms with Gasteiger partial charge in [-0.2, -0.15) is 0 Å². The van der Waals surface area contributed by atoms with E-state index in [0.29, 0.717) is 25.6 Å². The Morgan fingerprint density at radius 2 is 2.21 bits per heavy atom. The topological polar surface area (TPSA) is 93.6 Å². The van der Waals surface area contributed by atoms with Crippen LogP contribution in [0.2, 0.25) is 0 Å². The highest BCUT2D eigenvalue weighted by molar-refractivity contribution is 5.84. The van der Waals surface area contributed by atoms with E-state index in [4.69, 9.17) is 14.6 Å². The number of aromatic nitrogens is 2. The zero-order valence-corrected chi connectivity index (χ0v) is 10.3. The lowest BCUT2D eigenvalue weighted by Gasteiger charge is -2.49. The van der Waals surface area contributed by atoms with Crippen molar-refractivity contribution in [3.05, 3.63) is 18.1 Å². The number of aromatic carboxylic acids is 1. The average molecular weight is 265 g/mol. The lowest BCUT2D eigenvalue weighted by molar-refractivity contribution is -0.194. The lowest BCUT2D eigenvalue weighted by Crippen LogP contribution is -2.57. The molecular weight excluding hydrogens is 250 g/mol. The Balaban J connectivity index is 1.54. The number of carboxylic acid groups (broad SMARTS) is 1. The quantitative estimate of drug-likeness (QED) is 0.823. The van der Waals surface area contributed by atoms with E-state index in [1.54, 1.807) is 0 Å². The van der Waals surface area contributed by atoms with Gasteiger partial charge in [0.25, 0.3) is 0 Å². The highest BCUT2D eigenvalue weighted by Crippen LogP contribution is 2.39. The summed E-state index contributed by atoms with van der Waals surface area (Å²) in [7, 11) is 0. The molecule has 1 aliphatic carbocycles. The predicted molar refractivity (Wildman–Crippen MR) is 65.1 cm³/mol. The van der Waals surface area contributed by atoms with Crippen LogP contribution < -0.4 is 5.32 Å². The summed E-state index contributed by atoms with van der Waals surface area (Å²) < 4.78 is 11.2. The lowest BCUT2D eigenvalue weighted by atomic mass is 9.75. The molecule has 7 heteroatoms. The Morgan fingerprint density at radius 1 is 1.37 bits per heavy atom. The zero-order chi connectivity index (χ0) is 13.3. The van der Waals surface area contributed by atoms with Gasteiger partial charge in [0.15, 0.2) is 5.69 Å². The van der Waals surface area contributed by atoms with Gasteiger partial charge < -0.3 is 19.9 Å². The Bertz CT molecular complexity index is 462. The second-order valence-corrected chi connectivity index (χ2v) is 4.93. The SMILES string of the molecule is O=C(O)c1cnc(NC2CC3(COCCO3)C2)cn1. The maximum Gasteiger partial charge on any atom is 0.356 e. The first-order valence-electron chi connectivity index (χ1n) is 6.20. The molecule has 1 aromatic heterocycles. The summed E-state index contributed by atoms with van der Waals surface area (Å²) >= 11 is 0. The molecular formula is C12H15N3O4. The number of anilines is 1. The molecule has 0 bridgehead atoms. The van der Waals surface area contributed by atoms with Crippen LogP contribution in [-0.2, 0) is 9.47 Å². The molecule has 0 unspecified atom stereocenters. The number of carboxylic acids is 1.